The van der Waals surface area contributed by atoms with Gasteiger partial charge in [0.1, 0.15) is 0 Å². The van der Waals surface area contributed by atoms with Crippen LogP contribution in [0.4, 0.5) is 0 Å². The van der Waals surface area contributed by atoms with Gasteiger partial charge in [0.25, 0.3) is 0 Å². The van der Waals surface area contributed by atoms with Crippen LogP contribution in [0.5, 0.6) is 0 Å². The van der Waals surface area contributed by atoms with Crippen LogP contribution in [0.2, 0.25) is 5.02 Å². The van der Waals surface area contributed by atoms with E-state index in [0.29, 0.717) is 15.9 Å². The number of carboxylic acids is 1. The highest BCUT2D eigenvalue weighted by Gasteiger charge is 2.15. The average molecular weight is 301 g/mol. The molecule has 0 fully saturated rings. The quantitative estimate of drug-likeness (QED) is 0.859. The Morgan fingerprint density at radius 2 is 2.32 bits per heavy atom. The molecule has 0 aromatic carbocycles. The minimum absolute atomic E-state index is 0.0622. The molecule has 2 rings (SSSR count). The molecule has 0 aliphatic rings. The summed E-state index contributed by atoms with van der Waals surface area (Å²) in [7, 11) is 1.84. The summed E-state index contributed by atoms with van der Waals surface area (Å²) in [6, 6.07) is 3.08. The van der Waals surface area contributed by atoms with Gasteiger partial charge in [0.2, 0.25) is 5.76 Å². The van der Waals surface area contributed by atoms with Gasteiger partial charge in [0.15, 0.2) is 5.09 Å². The maximum absolute atomic E-state index is 10.7. The van der Waals surface area contributed by atoms with E-state index in [1.807, 2.05) is 14.0 Å². The molecular weight excluding hydrogens is 288 g/mol. The SMILES string of the molecule is CCc1nn(C)c(CSc2ccc(C(=O)O)o2)c1Cl. The van der Waals surface area contributed by atoms with Crippen molar-refractivity contribution in [1.82, 2.24) is 9.78 Å². The van der Waals surface area contributed by atoms with Crippen LogP contribution in [-0.4, -0.2) is 20.9 Å². The minimum Gasteiger partial charge on any atom is -0.475 e. The zero-order valence-corrected chi connectivity index (χ0v) is 12.1. The third-order valence-corrected chi connectivity index (χ3v) is 4.00. The zero-order valence-electron chi connectivity index (χ0n) is 10.5. The summed E-state index contributed by atoms with van der Waals surface area (Å²) in [4.78, 5) is 10.7. The Kier molecular flexibility index (Phi) is 4.21. The molecule has 0 saturated heterocycles. The smallest absolute Gasteiger partial charge is 0.371 e. The molecule has 0 saturated carbocycles. The highest BCUT2D eigenvalue weighted by Crippen LogP contribution is 2.29. The van der Waals surface area contributed by atoms with Crippen molar-refractivity contribution in [2.75, 3.05) is 0 Å². The first kappa shape index (κ1) is 14.0. The normalized spacial score (nSPS) is 10.9. The van der Waals surface area contributed by atoms with Gasteiger partial charge in [0.05, 0.1) is 16.4 Å². The van der Waals surface area contributed by atoms with Crippen LogP contribution in [0.1, 0.15) is 28.9 Å². The number of halogens is 1. The van der Waals surface area contributed by atoms with Gasteiger partial charge in [-0.1, -0.05) is 30.3 Å². The van der Waals surface area contributed by atoms with Gasteiger partial charge < -0.3 is 9.52 Å². The molecule has 102 valence electrons. The Morgan fingerprint density at radius 1 is 1.58 bits per heavy atom. The van der Waals surface area contributed by atoms with Crippen LogP contribution in [0.3, 0.4) is 0 Å². The second-order valence-corrected chi connectivity index (χ2v) is 5.25. The number of aromatic carboxylic acids is 1. The maximum Gasteiger partial charge on any atom is 0.371 e. The number of carbonyl (C=O) groups is 1. The van der Waals surface area contributed by atoms with Crippen LogP contribution in [0, 0.1) is 0 Å². The van der Waals surface area contributed by atoms with Crippen molar-refractivity contribution in [2.24, 2.45) is 7.05 Å². The Labute approximate surface area is 119 Å². The van der Waals surface area contributed by atoms with Crippen molar-refractivity contribution in [2.45, 2.75) is 24.2 Å². The number of aryl methyl sites for hydroxylation is 2. The summed E-state index contributed by atoms with van der Waals surface area (Å²) in [5.41, 5.74) is 1.77. The van der Waals surface area contributed by atoms with Crippen molar-refractivity contribution in [1.29, 1.82) is 0 Å². The topological polar surface area (TPSA) is 68.3 Å². The molecule has 19 heavy (non-hydrogen) atoms. The first-order valence-electron chi connectivity index (χ1n) is 5.69. The number of nitrogens with zero attached hydrogens (tertiary/aromatic N) is 2. The molecule has 5 nitrogen and oxygen atoms in total. The van der Waals surface area contributed by atoms with E-state index < -0.39 is 5.97 Å². The number of aromatic nitrogens is 2. The monoisotopic (exact) mass is 300 g/mol. The fraction of sp³-hybridized carbons (Fsp3) is 0.333. The van der Waals surface area contributed by atoms with Gasteiger partial charge >= 0.3 is 5.97 Å². The van der Waals surface area contributed by atoms with Crippen LogP contribution in [0.25, 0.3) is 0 Å². The lowest BCUT2D eigenvalue weighted by molar-refractivity contribution is 0.0656. The number of furan rings is 1. The van der Waals surface area contributed by atoms with Crippen LogP contribution in [0.15, 0.2) is 21.6 Å². The molecule has 2 heterocycles. The van der Waals surface area contributed by atoms with Crippen molar-refractivity contribution in [3.63, 3.8) is 0 Å². The highest BCUT2D eigenvalue weighted by atomic mass is 35.5. The summed E-state index contributed by atoms with van der Waals surface area (Å²) in [6.45, 7) is 2.00. The lowest BCUT2D eigenvalue weighted by Gasteiger charge is -2.00. The molecule has 7 heteroatoms. The standard InChI is InChI=1S/C12H13ClN2O3S/c1-3-7-11(13)8(15(2)14-7)6-19-10-5-4-9(18-10)12(16)17/h4-5H,3,6H2,1-2H3,(H,16,17). The Morgan fingerprint density at radius 3 is 2.84 bits per heavy atom. The molecule has 1 N–H and O–H groups in total. The van der Waals surface area contributed by atoms with Crippen molar-refractivity contribution in [3.8, 4) is 0 Å². The summed E-state index contributed by atoms with van der Waals surface area (Å²) < 4.78 is 6.92. The van der Waals surface area contributed by atoms with E-state index in [1.54, 1.807) is 10.7 Å². The first-order chi connectivity index (χ1) is 9.02. The highest BCUT2D eigenvalue weighted by molar-refractivity contribution is 7.98. The third kappa shape index (κ3) is 2.96. The summed E-state index contributed by atoms with van der Waals surface area (Å²) in [6.07, 6.45) is 0.779. The maximum atomic E-state index is 10.7. The Hall–Kier alpha value is -1.40. The van der Waals surface area contributed by atoms with Crippen LogP contribution >= 0.6 is 23.4 Å². The zero-order chi connectivity index (χ0) is 14.0. The fourth-order valence-corrected chi connectivity index (χ4v) is 2.99. The molecule has 0 aliphatic heterocycles. The summed E-state index contributed by atoms with van der Waals surface area (Å²) >= 11 is 7.62. The third-order valence-electron chi connectivity index (χ3n) is 2.65. The summed E-state index contributed by atoms with van der Waals surface area (Å²) in [5.74, 6) is -0.555. The van der Waals surface area contributed by atoms with E-state index in [-0.39, 0.29) is 5.76 Å². The molecule has 0 unspecified atom stereocenters. The minimum atomic E-state index is -1.07. The van der Waals surface area contributed by atoms with Gasteiger partial charge in [-0.15, -0.1) is 0 Å². The van der Waals surface area contributed by atoms with Crippen molar-refractivity contribution >= 4 is 29.3 Å². The molecule has 0 aliphatic carbocycles. The van der Waals surface area contributed by atoms with E-state index in [4.69, 9.17) is 21.1 Å². The molecule has 2 aromatic heterocycles. The Bertz CT molecular complexity index is 606. The van der Waals surface area contributed by atoms with Gasteiger partial charge in [-0.2, -0.15) is 5.10 Å². The molecule has 0 spiro atoms. The van der Waals surface area contributed by atoms with Gasteiger partial charge in [0, 0.05) is 12.8 Å². The number of carboxylic acid groups (broad SMARTS) is 1. The predicted molar refractivity (Wildman–Crippen MR) is 72.8 cm³/mol. The second-order valence-electron chi connectivity index (χ2n) is 3.90. The molecule has 0 radical (unpaired) electrons. The van der Waals surface area contributed by atoms with Gasteiger partial charge in [-0.05, 0) is 18.6 Å². The predicted octanol–water partition coefficient (Wildman–Crippen LogP) is 3.22. The van der Waals surface area contributed by atoms with E-state index >= 15 is 0 Å². The van der Waals surface area contributed by atoms with Crippen molar-refractivity contribution in [3.05, 3.63) is 34.3 Å². The lowest BCUT2D eigenvalue weighted by atomic mass is 10.3. The van der Waals surface area contributed by atoms with Crippen molar-refractivity contribution < 1.29 is 14.3 Å². The number of thioether (sulfide) groups is 1. The average Bonchev–Trinajstić information content (AvgIpc) is 2.93. The lowest BCUT2D eigenvalue weighted by Crippen LogP contribution is -1.96. The second kappa shape index (κ2) is 5.71. The van der Waals surface area contributed by atoms with Gasteiger partial charge in [-0.25, -0.2) is 4.79 Å². The molecule has 0 amide bonds. The largest absolute Gasteiger partial charge is 0.475 e. The van der Waals surface area contributed by atoms with E-state index in [2.05, 4.69) is 5.10 Å². The van der Waals surface area contributed by atoms with Crippen LogP contribution < -0.4 is 0 Å². The van der Waals surface area contributed by atoms with E-state index in [9.17, 15) is 4.79 Å². The number of rotatable bonds is 5. The fourth-order valence-electron chi connectivity index (χ4n) is 1.63. The van der Waals surface area contributed by atoms with Crippen LogP contribution in [-0.2, 0) is 19.2 Å². The molecular formula is C12H13ClN2O3S. The number of hydrogen-bond acceptors (Lipinski definition) is 4. The molecule has 0 bridgehead atoms. The summed E-state index contributed by atoms with van der Waals surface area (Å²) in [5, 5.41) is 14.3. The van der Waals surface area contributed by atoms with Gasteiger partial charge in [-0.3, -0.25) is 4.68 Å². The first-order valence-corrected chi connectivity index (χ1v) is 7.05. The molecule has 0 atom stereocenters. The Balaban J connectivity index is 2.09. The molecule has 2 aromatic rings. The van der Waals surface area contributed by atoms with E-state index in [0.717, 1.165) is 17.8 Å². The number of hydrogen-bond donors (Lipinski definition) is 1. The van der Waals surface area contributed by atoms with E-state index in [1.165, 1.54) is 17.8 Å².